The maximum atomic E-state index is 13.3. The molecule has 2 rings (SSSR count). The van der Waals surface area contributed by atoms with Crippen LogP contribution in [-0.2, 0) is 15.7 Å². The van der Waals surface area contributed by atoms with Crippen LogP contribution >= 0.6 is 0 Å². The second-order valence-corrected chi connectivity index (χ2v) is 3.84. The van der Waals surface area contributed by atoms with Crippen molar-refractivity contribution in [3.8, 4) is 0 Å². The smallest absolute Gasteiger partial charge is 0.362 e. The third-order valence-electron chi connectivity index (χ3n) is 2.57. The Balaban J connectivity index is 2.21. The van der Waals surface area contributed by atoms with E-state index in [4.69, 9.17) is 4.74 Å². The highest BCUT2D eigenvalue weighted by atomic mass is 19.4. The Labute approximate surface area is 99.7 Å². The number of amides is 1. The molecule has 0 aromatic heterocycles. The second kappa shape index (κ2) is 4.56. The molecule has 1 aliphatic rings. The molecule has 1 saturated heterocycles. The van der Waals surface area contributed by atoms with Crippen LogP contribution in [-0.4, -0.2) is 19.1 Å². The number of morpholine rings is 1. The van der Waals surface area contributed by atoms with Gasteiger partial charge in [-0.3, -0.25) is 4.79 Å². The van der Waals surface area contributed by atoms with E-state index in [1.165, 1.54) is 0 Å². The fourth-order valence-corrected chi connectivity index (χ4v) is 1.67. The van der Waals surface area contributed by atoms with E-state index in [1.807, 2.05) is 0 Å². The minimum atomic E-state index is -4.72. The van der Waals surface area contributed by atoms with Crippen LogP contribution in [0, 0.1) is 5.82 Å². The summed E-state index contributed by atoms with van der Waals surface area (Å²) in [5.74, 6) is -1.65. The molecule has 1 aliphatic heterocycles. The molecule has 1 fully saturated rings. The molecule has 1 N–H and O–H groups in total. The molecule has 98 valence electrons. The Hall–Kier alpha value is -1.63. The molecule has 18 heavy (non-hydrogen) atoms. The minimum absolute atomic E-state index is 0.115. The Morgan fingerprint density at radius 1 is 1.33 bits per heavy atom. The minimum Gasteiger partial charge on any atom is -0.362 e. The zero-order chi connectivity index (χ0) is 13.3. The van der Waals surface area contributed by atoms with Crippen molar-refractivity contribution < 1.29 is 27.1 Å². The summed E-state index contributed by atoms with van der Waals surface area (Å²) in [6.45, 7) is -0.0725. The van der Waals surface area contributed by atoms with Crippen LogP contribution in [0.25, 0.3) is 0 Å². The molecule has 1 aromatic rings. The van der Waals surface area contributed by atoms with Gasteiger partial charge in [0.2, 0.25) is 5.91 Å². The molecule has 0 saturated carbocycles. The normalized spacial score (nSPS) is 20.7. The Bertz CT molecular complexity index is 463. The van der Waals surface area contributed by atoms with Gasteiger partial charge in [-0.15, -0.1) is 0 Å². The van der Waals surface area contributed by atoms with Gasteiger partial charge < -0.3 is 10.1 Å². The third-order valence-corrected chi connectivity index (χ3v) is 2.57. The number of carbonyl (C=O) groups is 1. The van der Waals surface area contributed by atoms with Gasteiger partial charge in [0.05, 0.1) is 5.56 Å². The molecule has 7 heteroatoms. The van der Waals surface area contributed by atoms with Crippen molar-refractivity contribution in [2.45, 2.75) is 12.3 Å². The number of rotatable bonds is 1. The molecule has 0 bridgehead atoms. The summed E-state index contributed by atoms with van der Waals surface area (Å²) >= 11 is 0. The molecular formula is C11H9F4NO2. The number of hydrogen-bond acceptors (Lipinski definition) is 2. The highest BCUT2D eigenvalue weighted by Gasteiger charge is 2.34. The number of hydrogen-bond donors (Lipinski definition) is 1. The summed E-state index contributed by atoms with van der Waals surface area (Å²) in [5.41, 5.74) is -1.05. The van der Waals surface area contributed by atoms with E-state index in [2.05, 4.69) is 5.32 Å². The molecule has 0 radical (unpaired) electrons. The molecule has 0 unspecified atom stereocenters. The van der Waals surface area contributed by atoms with Crippen molar-refractivity contribution in [3.05, 3.63) is 35.1 Å². The molecule has 3 nitrogen and oxygen atoms in total. The first-order chi connectivity index (χ1) is 8.38. The van der Waals surface area contributed by atoms with Crippen LogP contribution in [0.3, 0.4) is 0 Å². The fraction of sp³-hybridized carbons (Fsp3) is 0.364. The summed E-state index contributed by atoms with van der Waals surface area (Å²) < 4.78 is 55.4. The molecule has 0 aliphatic carbocycles. The van der Waals surface area contributed by atoms with Crippen molar-refractivity contribution in [2.75, 3.05) is 13.2 Å². The number of benzene rings is 1. The van der Waals surface area contributed by atoms with Gasteiger partial charge in [-0.05, 0) is 17.7 Å². The maximum Gasteiger partial charge on any atom is 0.419 e. The molecule has 1 aromatic carbocycles. The fourth-order valence-electron chi connectivity index (χ4n) is 1.67. The van der Waals surface area contributed by atoms with Gasteiger partial charge in [0.15, 0.2) is 0 Å². The van der Waals surface area contributed by atoms with E-state index >= 15 is 0 Å². The molecular weight excluding hydrogens is 254 g/mol. The zero-order valence-corrected chi connectivity index (χ0v) is 9.05. The first-order valence-corrected chi connectivity index (χ1v) is 5.13. The third kappa shape index (κ3) is 2.61. The Morgan fingerprint density at radius 3 is 2.56 bits per heavy atom. The highest BCUT2D eigenvalue weighted by Crippen LogP contribution is 2.33. The number of ether oxygens (including phenoxy) is 1. The van der Waals surface area contributed by atoms with Gasteiger partial charge in [0.1, 0.15) is 18.5 Å². The van der Waals surface area contributed by atoms with Crippen molar-refractivity contribution >= 4 is 5.91 Å². The largest absolute Gasteiger partial charge is 0.419 e. The standard InChI is InChI=1S/C11H9F4NO2/c12-8-3-6(1-2-7(8)11(13,14)15)9-4-16-10(17)5-18-9/h1-3,9H,4-5H2,(H,16,17)/t9-/m0/s1. The average molecular weight is 263 g/mol. The van der Waals surface area contributed by atoms with E-state index in [0.29, 0.717) is 6.07 Å². The SMILES string of the molecule is O=C1CO[C@H](c2ccc(C(F)(F)F)c(F)c2)CN1. The second-order valence-electron chi connectivity index (χ2n) is 3.84. The van der Waals surface area contributed by atoms with Crippen molar-refractivity contribution in [2.24, 2.45) is 0 Å². The van der Waals surface area contributed by atoms with Crippen molar-refractivity contribution in [1.29, 1.82) is 0 Å². The van der Waals surface area contributed by atoms with Crippen molar-refractivity contribution in [1.82, 2.24) is 5.32 Å². The molecule has 1 amide bonds. The number of carbonyl (C=O) groups excluding carboxylic acids is 1. The summed E-state index contributed by atoms with van der Waals surface area (Å²) in [5, 5.41) is 2.49. The monoisotopic (exact) mass is 263 g/mol. The lowest BCUT2D eigenvalue weighted by Crippen LogP contribution is -2.38. The van der Waals surface area contributed by atoms with E-state index in [9.17, 15) is 22.4 Å². The van der Waals surface area contributed by atoms with Crippen LogP contribution in [0.5, 0.6) is 0 Å². The Kier molecular flexibility index (Phi) is 3.25. The lowest BCUT2D eigenvalue weighted by Gasteiger charge is -2.23. The van der Waals surface area contributed by atoms with Crippen LogP contribution in [0.15, 0.2) is 18.2 Å². The van der Waals surface area contributed by atoms with Crippen LogP contribution in [0.1, 0.15) is 17.2 Å². The van der Waals surface area contributed by atoms with Gasteiger partial charge in [-0.1, -0.05) is 6.07 Å². The van der Waals surface area contributed by atoms with Gasteiger partial charge in [0.25, 0.3) is 0 Å². The first kappa shape index (κ1) is 12.8. The van der Waals surface area contributed by atoms with Gasteiger partial charge in [0, 0.05) is 6.54 Å². The first-order valence-electron chi connectivity index (χ1n) is 5.13. The van der Waals surface area contributed by atoms with Gasteiger partial charge in [-0.2, -0.15) is 13.2 Å². The lowest BCUT2D eigenvalue weighted by molar-refractivity contribution is -0.140. The highest BCUT2D eigenvalue weighted by molar-refractivity contribution is 5.77. The quantitative estimate of drug-likeness (QED) is 0.787. The van der Waals surface area contributed by atoms with Crippen LogP contribution < -0.4 is 5.32 Å². The summed E-state index contributed by atoms with van der Waals surface area (Å²) in [6, 6.07) is 2.60. The summed E-state index contributed by atoms with van der Waals surface area (Å²) in [4.78, 5) is 10.8. The lowest BCUT2D eigenvalue weighted by atomic mass is 10.1. The number of halogens is 4. The van der Waals surface area contributed by atoms with E-state index < -0.39 is 23.7 Å². The van der Waals surface area contributed by atoms with Crippen LogP contribution in [0.4, 0.5) is 17.6 Å². The van der Waals surface area contributed by atoms with Crippen molar-refractivity contribution in [3.63, 3.8) is 0 Å². The van der Waals surface area contributed by atoms with Gasteiger partial charge >= 0.3 is 6.18 Å². The van der Waals surface area contributed by atoms with E-state index in [1.54, 1.807) is 0 Å². The zero-order valence-electron chi connectivity index (χ0n) is 9.05. The molecule has 1 heterocycles. The Morgan fingerprint density at radius 2 is 2.06 bits per heavy atom. The average Bonchev–Trinajstić information content (AvgIpc) is 2.28. The van der Waals surface area contributed by atoms with Gasteiger partial charge in [-0.25, -0.2) is 4.39 Å². The number of nitrogens with one attached hydrogen (secondary N) is 1. The topological polar surface area (TPSA) is 38.3 Å². The van der Waals surface area contributed by atoms with E-state index in [0.717, 1.165) is 12.1 Å². The summed E-state index contributed by atoms with van der Waals surface area (Å²) in [6.07, 6.45) is -5.34. The predicted octanol–water partition coefficient (Wildman–Crippen LogP) is 2.03. The van der Waals surface area contributed by atoms with Crippen LogP contribution in [0.2, 0.25) is 0 Å². The maximum absolute atomic E-state index is 13.3. The number of alkyl halides is 3. The predicted molar refractivity (Wildman–Crippen MR) is 53.1 cm³/mol. The molecule has 0 spiro atoms. The van der Waals surface area contributed by atoms with E-state index in [-0.39, 0.29) is 24.6 Å². The molecule has 1 atom stereocenters. The summed E-state index contributed by atoms with van der Waals surface area (Å²) in [7, 11) is 0.